The van der Waals surface area contributed by atoms with Gasteiger partial charge < -0.3 is 10.7 Å². The largest absolute Gasteiger partial charge is 0.313 e. The molecule has 2 aliphatic rings. The average molecular weight is 319 g/mol. The first kappa shape index (κ1) is 15.9. The first-order valence-electron chi connectivity index (χ1n) is 7.56. The highest BCUT2D eigenvalue weighted by atomic mass is 19.1. The van der Waals surface area contributed by atoms with E-state index in [0.717, 1.165) is 0 Å². The van der Waals surface area contributed by atoms with E-state index in [2.05, 4.69) is 5.32 Å². The molecule has 0 bridgehead atoms. The molecule has 0 aromatic heterocycles. The van der Waals surface area contributed by atoms with Crippen molar-refractivity contribution >= 4 is 5.71 Å². The SMILES string of the molecule is N#C[C@@H]1C(=N)C(C#N)(C#N)[C@H](c2ccccc2F)[C@@H]2CNCC=C12. The standard InChI is InChI=1S/C18H14FN5/c19-15-4-2-1-3-12(15)16-14-8-24-6-5-11(14)13(7-20)17(23)18(16,9-21)10-22/h1-5,13-14,16,23-24H,6,8H2/t13-,14+,16+/m0/s1. The van der Waals surface area contributed by atoms with E-state index in [9.17, 15) is 20.2 Å². The van der Waals surface area contributed by atoms with E-state index in [4.69, 9.17) is 5.41 Å². The van der Waals surface area contributed by atoms with Crippen LogP contribution in [-0.4, -0.2) is 18.8 Å². The Hall–Kier alpha value is -3.01. The highest BCUT2D eigenvalue weighted by Gasteiger charge is 2.57. The maximum atomic E-state index is 14.5. The van der Waals surface area contributed by atoms with Gasteiger partial charge in [-0.15, -0.1) is 0 Å². The molecule has 0 spiro atoms. The Kier molecular flexibility index (Phi) is 3.89. The molecular formula is C18H14FN5. The Morgan fingerprint density at radius 1 is 1.21 bits per heavy atom. The van der Waals surface area contributed by atoms with Crippen LogP contribution in [0, 0.1) is 62.5 Å². The molecule has 0 saturated heterocycles. The lowest BCUT2D eigenvalue weighted by atomic mass is 9.54. The number of benzene rings is 1. The molecule has 1 fully saturated rings. The van der Waals surface area contributed by atoms with Crippen LogP contribution < -0.4 is 5.32 Å². The third-order valence-corrected chi connectivity index (χ3v) is 4.91. The van der Waals surface area contributed by atoms with Crippen molar-refractivity contribution in [3.05, 3.63) is 47.3 Å². The highest BCUT2D eigenvalue weighted by Crippen LogP contribution is 2.53. The molecule has 1 aromatic rings. The van der Waals surface area contributed by atoms with E-state index in [1.807, 2.05) is 24.3 Å². The van der Waals surface area contributed by atoms with Gasteiger partial charge in [0, 0.05) is 24.9 Å². The van der Waals surface area contributed by atoms with E-state index in [-0.39, 0.29) is 17.2 Å². The fourth-order valence-corrected chi connectivity index (χ4v) is 3.80. The average Bonchev–Trinajstić information content (AvgIpc) is 2.62. The molecule has 0 amide bonds. The first-order valence-corrected chi connectivity index (χ1v) is 7.56. The van der Waals surface area contributed by atoms with Gasteiger partial charge in [0.1, 0.15) is 11.7 Å². The van der Waals surface area contributed by atoms with Crippen molar-refractivity contribution in [1.29, 1.82) is 21.2 Å². The highest BCUT2D eigenvalue weighted by molar-refractivity contribution is 6.00. The summed E-state index contributed by atoms with van der Waals surface area (Å²) < 4.78 is 14.5. The Balaban J connectivity index is 2.29. The zero-order valence-corrected chi connectivity index (χ0v) is 12.8. The van der Waals surface area contributed by atoms with Crippen LogP contribution in [-0.2, 0) is 0 Å². The van der Waals surface area contributed by atoms with E-state index in [1.165, 1.54) is 6.07 Å². The molecule has 1 heterocycles. The smallest absolute Gasteiger partial charge is 0.189 e. The second-order valence-corrected chi connectivity index (χ2v) is 5.98. The van der Waals surface area contributed by atoms with Crippen LogP contribution in [0.15, 0.2) is 35.9 Å². The molecule has 1 aromatic carbocycles. The second kappa shape index (κ2) is 5.89. The summed E-state index contributed by atoms with van der Waals surface area (Å²) in [6, 6.07) is 11.9. The van der Waals surface area contributed by atoms with Gasteiger partial charge in [0.25, 0.3) is 0 Å². The van der Waals surface area contributed by atoms with Crippen molar-refractivity contribution in [2.75, 3.05) is 13.1 Å². The summed E-state index contributed by atoms with van der Waals surface area (Å²) in [5, 5.41) is 40.5. The summed E-state index contributed by atoms with van der Waals surface area (Å²) in [5.74, 6) is -2.64. The van der Waals surface area contributed by atoms with Gasteiger partial charge in [0.05, 0.1) is 23.9 Å². The van der Waals surface area contributed by atoms with E-state index < -0.39 is 23.1 Å². The number of nitriles is 3. The number of nitrogens with one attached hydrogen (secondary N) is 2. The summed E-state index contributed by atoms with van der Waals surface area (Å²) in [4.78, 5) is 0. The summed E-state index contributed by atoms with van der Waals surface area (Å²) in [6.07, 6.45) is 1.82. The predicted molar refractivity (Wildman–Crippen MR) is 84.1 cm³/mol. The molecule has 1 aliphatic heterocycles. The van der Waals surface area contributed by atoms with Gasteiger partial charge in [0.2, 0.25) is 0 Å². The van der Waals surface area contributed by atoms with Crippen LogP contribution in [0.1, 0.15) is 11.5 Å². The molecule has 3 rings (SSSR count). The van der Waals surface area contributed by atoms with Crippen molar-refractivity contribution in [3.8, 4) is 18.2 Å². The van der Waals surface area contributed by atoms with Crippen molar-refractivity contribution in [2.45, 2.75) is 5.92 Å². The lowest BCUT2D eigenvalue weighted by molar-refractivity contribution is 0.324. The molecular weight excluding hydrogens is 305 g/mol. The Morgan fingerprint density at radius 2 is 1.92 bits per heavy atom. The van der Waals surface area contributed by atoms with Crippen LogP contribution in [0.2, 0.25) is 0 Å². The third kappa shape index (κ3) is 2.03. The molecule has 118 valence electrons. The van der Waals surface area contributed by atoms with E-state index >= 15 is 0 Å². The van der Waals surface area contributed by atoms with Crippen LogP contribution in [0.5, 0.6) is 0 Å². The summed E-state index contributed by atoms with van der Waals surface area (Å²) in [5.41, 5.74) is -1.17. The fourth-order valence-electron chi connectivity index (χ4n) is 3.80. The van der Waals surface area contributed by atoms with Gasteiger partial charge in [-0.2, -0.15) is 15.8 Å². The Morgan fingerprint density at radius 3 is 2.54 bits per heavy atom. The van der Waals surface area contributed by atoms with Crippen LogP contribution in [0.25, 0.3) is 0 Å². The molecule has 6 heteroatoms. The number of hydrogen-bond donors (Lipinski definition) is 2. The number of halogens is 1. The molecule has 0 radical (unpaired) electrons. The summed E-state index contributed by atoms with van der Waals surface area (Å²) >= 11 is 0. The maximum absolute atomic E-state index is 14.5. The quantitative estimate of drug-likeness (QED) is 0.774. The lowest BCUT2D eigenvalue weighted by Crippen LogP contribution is -2.52. The van der Waals surface area contributed by atoms with Gasteiger partial charge in [-0.05, 0) is 17.2 Å². The molecule has 24 heavy (non-hydrogen) atoms. The van der Waals surface area contributed by atoms with Gasteiger partial charge in [-0.1, -0.05) is 24.3 Å². The summed E-state index contributed by atoms with van der Waals surface area (Å²) in [6.45, 7) is 0.981. The van der Waals surface area contributed by atoms with Crippen molar-refractivity contribution < 1.29 is 4.39 Å². The van der Waals surface area contributed by atoms with Crippen LogP contribution in [0.3, 0.4) is 0 Å². The van der Waals surface area contributed by atoms with Gasteiger partial charge in [-0.25, -0.2) is 4.39 Å². The molecule has 1 saturated carbocycles. The minimum Gasteiger partial charge on any atom is -0.313 e. The molecule has 3 atom stereocenters. The van der Waals surface area contributed by atoms with Gasteiger partial charge >= 0.3 is 0 Å². The molecule has 5 nitrogen and oxygen atoms in total. The van der Waals surface area contributed by atoms with Crippen molar-refractivity contribution in [1.82, 2.24) is 5.32 Å². The second-order valence-electron chi connectivity index (χ2n) is 5.98. The van der Waals surface area contributed by atoms with Crippen molar-refractivity contribution in [3.63, 3.8) is 0 Å². The van der Waals surface area contributed by atoms with Crippen LogP contribution >= 0.6 is 0 Å². The Bertz CT molecular complexity index is 837. The van der Waals surface area contributed by atoms with Crippen LogP contribution in [0.4, 0.5) is 4.39 Å². The maximum Gasteiger partial charge on any atom is 0.189 e. The van der Waals surface area contributed by atoms with Gasteiger partial charge in [-0.3, -0.25) is 0 Å². The molecule has 2 N–H and O–H groups in total. The number of hydrogen-bond acceptors (Lipinski definition) is 5. The predicted octanol–water partition coefficient (Wildman–Crippen LogP) is 2.26. The minimum atomic E-state index is -1.86. The zero-order chi connectivity index (χ0) is 17.3. The minimum absolute atomic E-state index is 0.237. The number of nitrogens with zero attached hydrogens (tertiary/aromatic N) is 3. The monoisotopic (exact) mass is 319 g/mol. The van der Waals surface area contributed by atoms with E-state index in [0.29, 0.717) is 18.7 Å². The fraction of sp³-hybridized carbons (Fsp3) is 0.333. The van der Waals surface area contributed by atoms with Gasteiger partial charge in [0.15, 0.2) is 5.41 Å². The van der Waals surface area contributed by atoms with E-state index in [1.54, 1.807) is 18.2 Å². The lowest BCUT2D eigenvalue weighted by Gasteiger charge is -2.45. The molecule has 0 unspecified atom stereocenters. The normalized spacial score (nSPS) is 27.8. The number of fused-ring (bicyclic) bond motifs is 1. The van der Waals surface area contributed by atoms with Crippen molar-refractivity contribution in [2.24, 2.45) is 17.3 Å². The summed E-state index contributed by atoms with van der Waals surface area (Å²) in [7, 11) is 0. The first-order chi connectivity index (χ1) is 11.6. The zero-order valence-electron chi connectivity index (χ0n) is 12.8. The molecule has 1 aliphatic carbocycles. The number of rotatable bonds is 1. The topological polar surface area (TPSA) is 107 Å². The third-order valence-electron chi connectivity index (χ3n) is 4.91. The Labute approximate surface area is 139 Å².